The number of rotatable bonds is 7. The van der Waals surface area contributed by atoms with Gasteiger partial charge in [-0.05, 0) is 31.5 Å². The normalized spacial score (nSPS) is 22.4. The molecule has 0 amide bonds. The zero-order valence-corrected chi connectivity index (χ0v) is 13.2. The highest BCUT2D eigenvalue weighted by molar-refractivity contribution is 7.89. The summed E-state index contributed by atoms with van der Waals surface area (Å²) in [6, 6.07) is 6.58. The third-order valence-corrected chi connectivity index (χ3v) is 5.15. The molecule has 1 aromatic carbocycles. The van der Waals surface area contributed by atoms with Crippen LogP contribution in [0, 0.1) is 0 Å². The van der Waals surface area contributed by atoms with Crippen LogP contribution in [-0.2, 0) is 14.8 Å². The highest BCUT2D eigenvalue weighted by Crippen LogP contribution is 2.24. The van der Waals surface area contributed by atoms with Crippen LogP contribution in [0.1, 0.15) is 12.8 Å². The third-order valence-electron chi connectivity index (χ3n) is 3.71. The Morgan fingerprint density at radius 1 is 1.33 bits per heavy atom. The Labute approximate surface area is 125 Å². The Balaban J connectivity index is 2.14. The van der Waals surface area contributed by atoms with Gasteiger partial charge in [-0.15, -0.1) is 0 Å². The maximum absolute atomic E-state index is 12.5. The topological polar surface area (TPSA) is 76.7 Å². The van der Waals surface area contributed by atoms with E-state index in [1.165, 1.54) is 13.2 Å². The third kappa shape index (κ3) is 3.74. The molecule has 0 bridgehead atoms. The van der Waals surface area contributed by atoms with Crippen LogP contribution in [0.25, 0.3) is 0 Å². The first kappa shape index (κ1) is 16.2. The van der Waals surface area contributed by atoms with E-state index in [-0.39, 0.29) is 10.4 Å². The maximum atomic E-state index is 12.5. The summed E-state index contributed by atoms with van der Waals surface area (Å²) < 4.78 is 37.9. The molecule has 2 N–H and O–H groups in total. The molecule has 1 aromatic rings. The van der Waals surface area contributed by atoms with E-state index < -0.39 is 10.0 Å². The molecule has 0 spiro atoms. The van der Waals surface area contributed by atoms with Gasteiger partial charge < -0.3 is 14.8 Å². The van der Waals surface area contributed by atoms with E-state index in [4.69, 9.17) is 9.47 Å². The molecule has 7 heteroatoms. The Morgan fingerprint density at radius 3 is 2.71 bits per heavy atom. The Bertz CT molecular complexity index is 568. The van der Waals surface area contributed by atoms with Crippen molar-refractivity contribution in [3.8, 4) is 5.75 Å². The fourth-order valence-electron chi connectivity index (χ4n) is 2.62. The number of benzene rings is 1. The molecular formula is C14H22N2O4S. The Morgan fingerprint density at radius 2 is 2.10 bits per heavy atom. The second-order valence-electron chi connectivity index (χ2n) is 5.22. The number of hydrogen-bond donors (Lipinski definition) is 2. The fourth-order valence-corrected chi connectivity index (χ4v) is 3.92. The largest absolute Gasteiger partial charge is 0.495 e. The van der Waals surface area contributed by atoms with E-state index in [2.05, 4.69) is 10.0 Å². The van der Waals surface area contributed by atoms with Gasteiger partial charge in [-0.25, -0.2) is 13.1 Å². The Hall–Kier alpha value is -1.15. The van der Waals surface area contributed by atoms with Crippen LogP contribution < -0.4 is 14.8 Å². The van der Waals surface area contributed by atoms with Crippen LogP contribution in [0.5, 0.6) is 5.75 Å². The number of sulfonamides is 1. The summed E-state index contributed by atoms with van der Waals surface area (Å²) in [5.74, 6) is 0.338. The summed E-state index contributed by atoms with van der Waals surface area (Å²) in [7, 11) is -0.538. The van der Waals surface area contributed by atoms with Crippen molar-refractivity contribution in [1.29, 1.82) is 0 Å². The molecule has 0 saturated carbocycles. The minimum absolute atomic E-state index is 0.151. The van der Waals surface area contributed by atoms with Gasteiger partial charge in [0.1, 0.15) is 10.6 Å². The van der Waals surface area contributed by atoms with Crippen molar-refractivity contribution >= 4 is 10.0 Å². The highest BCUT2D eigenvalue weighted by atomic mass is 32.2. The lowest BCUT2D eigenvalue weighted by atomic mass is 9.99. The molecule has 1 aliphatic rings. The van der Waals surface area contributed by atoms with Crippen molar-refractivity contribution < 1.29 is 17.9 Å². The van der Waals surface area contributed by atoms with E-state index in [1.54, 1.807) is 25.3 Å². The molecule has 0 aliphatic carbocycles. The zero-order valence-electron chi connectivity index (χ0n) is 12.4. The number of methoxy groups -OCH3 is 2. The Kier molecular flexibility index (Phi) is 5.21. The van der Waals surface area contributed by atoms with Crippen LogP contribution in [-0.4, -0.2) is 47.9 Å². The lowest BCUT2D eigenvalue weighted by molar-refractivity contribution is 0.122. The lowest BCUT2D eigenvalue weighted by Crippen LogP contribution is -2.52. The van der Waals surface area contributed by atoms with E-state index >= 15 is 0 Å². The molecule has 1 heterocycles. The zero-order chi connectivity index (χ0) is 15.3. The monoisotopic (exact) mass is 314 g/mol. The van der Waals surface area contributed by atoms with Crippen molar-refractivity contribution in [2.75, 3.05) is 33.9 Å². The quantitative estimate of drug-likeness (QED) is 0.776. The number of para-hydroxylation sites is 1. The second-order valence-corrected chi connectivity index (χ2v) is 6.95. The molecule has 1 atom stereocenters. The molecule has 6 nitrogen and oxygen atoms in total. The van der Waals surface area contributed by atoms with Gasteiger partial charge in [-0.1, -0.05) is 12.1 Å². The minimum atomic E-state index is -3.62. The molecule has 1 unspecified atom stereocenters. The molecule has 21 heavy (non-hydrogen) atoms. The van der Waals surface area contributed by atoms with Crippen molar-refractivity contribution in [3.63, 3.8) is 0 Å². The van der Waals surface area contributed by atoms with Gasteiger partial charge in [0.25, 0.3) is 0 Å². The van der Waals surface area contributed by atoms with Crippen LogP contribution >= 0.6 is 0 Å². The van der Waals surface area contributed by atoms with Gasteiger partial charge >= 0.3 is 0 Å². The summed E-state index contributed by atoms with van der Waals surface area (Å²) >= 11 is 0. The van der Waals surface area contributed by atoms with Crippen LogP contribution in [0.15, 0.2) is 29.2 Å². The highest BCUT2D eigenvalue weighted by Gasteiger charge is 2.35. The standard InChI is InChI=1S/C14H22N2O4S/c1-19-11-14(8-5-9-15-14)10-16-21(17,18)13-7-4-3-6-12(13)20-2/h3-4,6-7,15-16H,5,8-11H2,1-2H3. The summed E-state index contributed by atoms with van der Waals surface area (Å²) in [6.45, 7) is 1.64. The molecular weight excluding hydrogens is 292 g/mol. The van der Waals surface area contributed by atoms with Gasteiger partial charge in [0, 0.05) is 13.7 Å². The summed E-state index contributed by atoms with van der Waals surface area (Å²) in [5, 5.41) is 3.34. The van der Waals surface area contributed by atoms with Crippen molar-refractivity contribution in [1.82, 2.24) is 10.0 Å². The van der Waals surface area contributed by atoms with E-state index in [1.807, 2.05) is 0 Å². The van der Waals surface area contributed by atoms with Crippen LogP contribution in [0.4, 0.5) is 0 Å². The molecule has 2 rings (SSSR count). The van der Waals surface area contributed by atoms with Gasteiger partial charge in [-0.3, -0.25) is 0 Å². The van der Waals surface area contributed by atoms with Gasteiger partial charge in [0.05, 0.1) is 19.3 Å². The average molecular weight is 314 g/mol. The predicted molar refractivity (Wildman–Crippen MR) is 80.0 cm³/mol. The first-order valence-corrected chi connectivity index (χ1v) is 8.38. The van der Waals surface area contributed by atoms with Crippen molar-refractivity contribution in [3.05, 3.63) is 24.3 Å². The van der Waals surface area contributed by atoms with Crippen LogP contribution in [0.3, 0.4) is 0 Å². The first-order valence-electron chi connectivity index (χ1n) is 6.90. The average Bonchev–Trinajstić information content (AvgIpc) is 2.95. The van der Waals surface area contributed by atoms with E-state index in [0.717, 1.165) is 19.4 Å². The number of nitrogens with one attached hydrogen (secondary N) is 2. The molecule has 0 aromatic heterocycles. The molecule has 118 valence electrons. The summed E-state index contributed by atoms with van der Waals surface area (Å²) in [5.41, 5.74) is -0.330. The van der Waals surface area contributed by atoms with Crippen molar-refractivity contribution in [2.24, 2.45) is 0 Å². The second kappa shape index (κ2) is 6.74. The fraction of sp³-hybridized carbons (Fsp3) is 0.571. The van der Waals surface area contributed by atoms with E-state index in [9.17, 15) is 8.42 Å². The smallest absolute Gasteiger partial charge is 0.244 e. The number of ether oxygens (including phenoxy) is 2. The molecule has 1 saturated heterocycles. The van der Waals surface area contributed by atoms with Crippen molar-refractivity contribution in [2.45, 2.75) is 23.3 Å². The van der Waals surface area contributed by atoms with Crippen LogP contribution in [0.2, 0.25) is 0 Å². The molecule has 1 fully saturated rings. The minimum Gasteiger partial charge on any atom is -0.495 e. The van der Waals surface area contributed by atoms with Gasteiger partial charge in [0.2, 0.25) is 10.0 Å². The van der Waals surface area contributed by atoms with Gasteiger partial charge in [-0.2, -0.15) is 0 Å². The predicted octanol–water partition coefficient (Wildman–Crippen LogP) is 0.742. The summed E-state index contributed by atoms with van der Waals surface area (Å²) in [6.07, 6.45) is 1.90. The SMILES string of the molecule is COCC1(CNS(=O)(=O)c2ccccc2OC)CCCN1. The lowest BCUT2D eigenvalue weighted by Gasteiger charge is -2.29. The molecule has 0 radical (unpaired) electrons. The maximum Gasteiger partial charge on any atom is 0.244 e. The summed E-state index contributed by atoms with van der Waals surface area (Å²) in [4.78, 5) is 0.151. The van der Waals surface area contributed by atoms with Gasteiger partial charge in [0.15, 0.2) is 0 Å². The number of hydrogen-bond acceptors (Lipinski definition) is 5. The first-order chi connectivity index (χ1) is 10.0. The molecule has 1 aliphatic heterocycles. The van der Waals surface area contributed by atoms with E-state index in [0.29, 0.717) is 18.9 Å².